The van der Waals surface area contributed by atoms with E-state index in [0.29, 0.717) is 42.8 Å². The molecule has 1 N–H and O–H groups in total. The van der Waals surface area contributed by atoms with E-state index in [1.807, 2.05) is 0 Å². The Morgan fingerprint density at radius 2 is 1.82 bits per heavy atom. The highest BCUT2D eigenvalue weighted by Gasteiger charge is 2.27. The lowest BCUT2D eigenvalue weighted by Gasteiger charge is -2.26. The van der Waals surface area contributed by atoms with E-state index in [4.69, 9.17) is 16.3 Å². The lowest BCUT2D eigenvalue weighted by Crippen LogP contribution is -2.35. The second-order valence-corrected chi connectivity index (χ2v) is 11.8. The molecule has 2 aliphatic rings. The molecule has 12 heteroatoms. The van der Waals surface area contributed by atoms with E-state index in [0.717, 1.165) is 25.7 Å². The molecule has 200 valence electrons. The molecule has 1 saturated heterocycles. The summed E-state index contributed by atoms with van der Waals surface area (Å²) in [5.74, 6) is -0.755. The Labute approximate surface area is 224 Å². The van der Waals surface area contributed by atoms with Crippen molar-refractivity contribution in [1.82, 2.24) is 13.9 Å². The van der Waals surface area contributed by atoms with E-state index < -0.39 is 28.0 Å². The number of anilines is 1. The first-order valence-electron chi connectivity index (χ1n) is 12.5. The van der Waals surface area contributed by atoms with Crippen molar-refractivity contribution in [2.24, 2.45) is 0 Å². The highest BCUT2D eigenvalue weighted by molar-refractivity contribution is 7.89. The largest absolute Gasteiger partial charge is 0.449 e. The fraction of sp³-hybridized carbons (Fsp3) is 0.385. The molecule has 0 saturated carbocycles. The van der Waals surface area contributed by atoms with Crippen molar-refractivity contribution < 1.29 is 22.7 Å². The second-order valence-electron chi connectivity index (χ2n) is 9.46. The first kappa shape index (κ1) is 26.3. The van der Waals surface area contributed by atoms with Gasteiger partial charge in [0.15, 0.2) is 6.10 Å². The molecule has 0 radical (unpaired) electrons. The summed E-state index contributed by atoms with van der Waals surface area (Å²) in [5.41, 5.74) is 0.506. The zero-order valence-electron chi connectivity index (χ0n) is 20.8. The van der Waals surface area contributed by atoms with E-state index >= 15 is 0 Å². The molecular weight excluding hydrogens is 532 g/mol. The molecule has 1 aromatic heterocycles. The van der Waals surface area contributed by atoms with E-state index in [1.54, 1.807) is 4.57 Å². The van der Waals surface area contributed by atoms with Gasteiger partial charge in [-0.15, -0.1) is 0 Å². The van der Waals surface area contributed by atoms with Crippen molar-refractivity contribution in [3.8, 4) is 0 Å². The number of halogens is 1. The summed E-state index contributed by atoms with van der Waals surface area (Å²) in [6.07, 6.45) is 2.91. The van der Waals surface area contributed by atoms with Crippen LogP contribution in [0, 0.1) is 0 Å². The number of aryl methyl sites for hydroxylation is 1. The number of nitrogens with one attached hydrogen (secondary N) is 1. The highest BCUT2D eigenvalue weighted by Crippen LogP contribution is 2.28. The highest BCUT2D eigenvalue weighted by atomic mass is 35.5. The molecule has 0 unspecified atom stereocenters. The lowest BCUT2D eigenvalue weighted by molar-refractivity contribution is -0.123. The fourth-order valence-corrected chi connectivity index (χ4v) is 6.45. The van der Waals surface area contributed by atoms with Crippen LogP contribution in [0.1, 0.15) is 48.8 Å². The monoisotopic (exact) mass is 558 g/mol. The number of piperidine rings is 1. The maximum Gasteiger partial charge on any atom is 0.338 e. The van der Waals surface area contributed by atoms with E-state index in [2.05, 4.69) is 10.3 Å². The second kappa shape index (κ2) is 10.5. The summed E-state index contributed by atoms with van der Waals surface area (Å²) >= 11 is 6.23. The minimum atomic E-state index is -3.73. The molecule has 0 bridgehead atoms. The van der Waals surface area contributed by atoms with Crippen molar-refractivity contribution in [1.29, 1.82) is 0 Å². The zero-order chi connectivity index (χ0) is 27.0. The van der Waals surface area contributed by atoms with Crippen molar-refractivity contribution in [3.63, 3.8) is 0 Å². The molecule has 10 nitrogen and oxygen atoms in total. The average Bonchev–Trinajstić information content (AvgIpc) is 3.39. The number of nitrogens with zero attached hydrogens (tertiary/aromatic N) is 3. The number of fused-ring (bicyclic) bond motifs is 2. The summed E-state index contributed by atoms with van der Waals surface area (Å²) < 4.78 is 34.5. The van der Waals surface area contributed by atoms with Crippen LogP contribution in [0.3, 0.4) is 0 Å². The quantitative estimate of drug-likeness (QED) is 0.459. The third-order valence-electron chi connectivity index (χ3n) is 6.85. The van der Waals surface area contributed by atoms with Gasteiger partial charge < -0.3 is 10.1 Å². The summed E-state index contributed by atoms with van der Waals surface area (Å²) in [4.78, 5) is 42.8. The average molecular weight is 559 g/mol. The molecule has 1 atom stereocenters. The smallest absolute Gasteiger partial charge is 0.338 e. The van der Waals surface area contributed by atoms with Gasteiger partial charge in [-0.2, -0.15) is 4.31 Å². The molecule has 5 rings (SSSR count). The van der Waals surface area contributed by atoms with Gasteiger partial charge in [0.05, 0.1) is 32.1 Å². The van der Waals surface area contributed by atoms with Crippen LogP contribution >= 0.6 is 11.6 Å². The number of carbonyl (C=O) groups is 2. The number of amides is 1. The molecule has 2 aromatic carbocycles. The van der Waals surface area contributed by atoms with Crippen LogP contribution in [-0.2, 0) is 32.5 Å². The van der Waals surface area contributed by atoms with Gasteiger partial charge in [0.1, 0.15) is 5.82 Å². The van der Waals surface area contributed by atoms with E-state index in [1.165, 1.54) is 47.6 Å². The van der Waals surface area contributed by atoms with Crippen LogP contribution in [0.15, 0.2) is 46.1 Å². The molecular formula is C26H27ClN4O6S. The molecule has 2 aliphatic heterocycles. The lowest BCUT2D eigenvalue weighted by atomic mass is 10.1. The number of rotatable bonds is 6. The van der Waals surface area contributed by atoms with Crippen LogP contribution < -0.4 is 10.9 Å². The third kappa shape index (κ3) is 5.05. The number of sulfonamides is 1. The van der Waals surface area contributed by atoms with Gasteiger partial charge in [-0.25, -0.2) is 18.2 Å². The first-order valence-corrected chi connectivity index (χ1v) is 14.3. The summed E-state index contributed by atoms with van der Waals surface area (Å²) in [6.45, 7) is 2.92. The molecule has 0 aliphatic carbocycles. The normalized spacial score (nSPS) is 16.7. The van der Waals surface area contributed by atoms with Gasteiger partial charge >= 0.3 is 5.97 Å². The van der Waals surface area contributed by atoms with Crippen LogP contribution in [0.25, 0.3) is 10.9 Å². The number of carbonyl (C=O) groups excluding carboxylic acids is 2. The molecule has 0 spiro atoms. The summed E-state index contributed by atoms with van der Waals surface area (Å²) in [5, 5.41) is 3.12. The standard InChI is InChI=1S/C26H27ClN4O6S/c1-16(37-26(34)17-7-9-19-21(14-17)28-23-6-5-13-31(23)25(19)33)24(32)29-22-15-18(8-10-20(22)27)38(35,36)30-11-3-2-4-12-30/h7-10,14-16H,2-6,11-13H2,1H3,(H,29,32)/t16-/m0/s1. The number of benzene rings is 2. The number of hydrogen-bond acceptors (Lipinski definition) is 7. The summed E-state index contributed by atoms with van der Waals surface area (Å²) in [6, 6.07) is 8.60. The van der Waals surface area contributed by atoms with E-state index in [-0.39, 0.29) is 26.7 Å². The van der Waals surface area contributed by atoms with Crippen LogP contribution in [0.2, 0.25) is 5.02 Å². The Bertz CT molecular complexity index is 1600. The SMILES string of the molecule is C[C@H](OC(=O)c1ccc2c(=O)n3c(nc2c1)CCC3)C(=O)Nc1cc(S(=O)(=O)N2CCCCC2)ccc1Cl. The van der Waals surface area contributed by atoms with Crippen LogP contribution in [0.4, 0.5) is 5.69 Å². The Morgan fingerprint density at radius 1 is 1.05 bits per heavy atom. The fourth-order valence-electron chi connectivity index (χ4n) is 4.74. The Hall–Kier alpha value is -3.28. The topological polar surface area (TPSA) is 128 Å². The van der Waals surface area contributed by atoms with E-state index in [9.17, 15) is 22.8 Å². The minimum absolute atomic E-state index is 0.0230. The Balaban J connectivity index is 1.29. The van der Waals surface area contributed by atoms with Crippen LogP contribution in [-0.4, -0.2) is 53.3 Å². The van der Waals surface area contributed by atoms with Gasteiger partial charge in [0.25, 0.3) is 11.5 Å². The number of esters is 1. The number of aromatic nitrogens is 2. The zero-order valence-corrected chi connectivity index (χ0v) is 22.3. The molecule has 3 heterocycles. The minimum Gasteiger partial charge on any atom is -0.449 e. The Morgan fingerprint density at radius 3 is 2.58 bits per heavy atom. The maximum absolute atomic E-state index is 13.0. The van der Waals surface area contributed by atoms with Gasteiger partial charge in [0.2, 0.25) is 10.0 Å². The van der Waals surface area contributed by atoms with Crippen molar-refractivity contribution in [2.75, 3.05) is 18.4 Å². The number of hydrogen-bond donors (Lipinski definition) is 1. The summed E-state index contributed by atoms with van der Waals surface area (Å²) in [7, 11) is -3.73. The van der Waals surface area contributed by atoms with Gasteiger partial charge in [-0.05, 0) is 62.6 Å². The van der Waals surface area contributed by atoms with Gasteiger partial charge in [0, 0.05) is 26.1 Å². The predicted octanol–water partition coefficient (Wildman–Crippen LogP) is 3.35. The van der Waals surface area contributed by atoms with Crippen molar-refractivity contribution in [3.05, 3.63) is 63.2 Å². The van der Waals surface area contributed by atoms with Crippen LogP contribution in [0.5, 0.6) is 0 Å². The van der Waals surface area contributed by atoms with Crippen molar-refractivity contribution >= 4 is 50.1 Å². The first-order chi connectivity index (χ1) is 18.1. The molecule has 3 aromatic rings. The maximum atomic E-state index is 13.0. The number of ether oxygens (including phenoxy) is 1. The molecule has 1 fully saturated rings. The van der Waals surface area contributed by atoms with Crippen molar-refractivity contribution in [2.45, 2.75) is 56.6 Å². The van der Waals surface area contributed by atoms with Gasteiger partial charge in [-0.1, -0.05) is 18.0 Å². The predicted molar refractivity (Wildman–Crippen MR) is 142 cm³/mol. The molecule has 38 heavy (non-hydrogen) atoms. The van der Waals surface area contributed by atoms with Gasteiger partial charge in [-0.3, -0.25) is 14.2 Å². The molecule has 1 amide bonds. The third-order valence-corrected chi connectivity index (χ3v) is 9.08. The Kier molecular flexibility index (Phi) is 7.26.